The third-order valence-electron chi connectivity index (χ3n) is 1.66. The van der Waals surface area contributed by atoms with Crippen molar-refractivity contribution in [1.82, 2.24) is 0 Å². The molecule has 1 unspecified atom stereocenters. The molecule has 12 heavy (non-hydrogen) atoms. The average Bonchev–Trinajstić information content (AvgIpc) is 2.46. The fourth-order valence-corrected chi connectivity index (χ4v) is 1.12. The molecule has 4 nitrogen and oxygen atoms in total. The zero-order valence-corrected chi connectivity index (χ0v) is 6.14. The summed E-state index contributed by atoms with van der Waals surface area (Å²) in [6, 6.07) is -0.180. The Morgan fingerprint density at radius 1 is 1.50 bits per heavy atom. The maximum Gasteiger partial charge on any atom is 0.373 e. The topological polar surface area (TPSA) is 62.0 Å². The third kappa shape index (κ3) is 0.972. The summed E-state index contributed by atoms with van der Waals surface area (Å²) in [6.07, 6.45) is 7.23. The van der Waals surface area contributed by atoms with Crippen LogP contribution in [0.3, 0.4) is 0 Å². The molecular formula is C8H6N2O2. The van der Waals surface area contributed by atoms with Crippen molar-refractivity contribution in [3.05, 3.63) is 24.3 Å². The minimum Gasteiger partial charge on any atom is -0.475 e. The van der Waals surface area contributed by atoms with Gasteiger partial charge in [-0.3, -0.25) is 0 Å². The van der Waals surface area contributed by atoms with Gasteiger partial charge in [-0.05, 0) is 6.08 Å². The summed E-state index contributed by atoms with van der Waals surface area (Å²) >= 11 is 0. The molecule has 0 aromatic rings. The fraction of sp³-hybridized carbons (Fsp3) is 0.125. The standard InChI is InChI=1S/C8H6N2O2/c11-8(12)7-9-5-3-1-2-4-6(5)10-7/h1-5H,(H,11,12). The summed E-state index contributed by atoms with van der Waals surface area (Å²) in [7, 11) is 0. The number of aliphatic imine (C=N–C) groups is 2. The Kier molecular flexibility index (Phi) is 1.40. The second-order valence-electron chi connectivity index (χ2n) is 2.48. The summed E-state index contributed by atoms with van der Waals surface area (Å²) in [5, 5.41) is 8.57. The summed E-state index contributed by atoms with van der Waals surface area (Å²) in [6.45, 7) is 0. The van der Waals surface area contributed by atoms with Crippen LogP contribution in [0.15, 0.2) is 34.3 Å². The number of hydrogen-bond donors (Lipinski definition) is 1. The Balaban J connectivity index is 2.35. The van der Waals surface area contributed by atoms with E-state index >= 15 is 0 Å². The van der Waals surface area contributed by atoms with Crippen LogP contribution in [0.1, 0.15) is 0 Å². The number of allylic oxidation sites excluding steroid dienone is 2. The average molecular weight is 162 g/mol. The van der Waals surface area contributed by atoms with Crippen LogP contribution in [0.4, 0.5) is 0 Å². The molecular weight excluding hydrogens is 156 g/mol. The number of aliphatic carboxylic acids is 1. The van der Waals surface area contributed by atoms with E-state index in [1.54, 1.807) is 6.08 Å². The Hall–Kier alpha value is -1.71. The first-order valence-corrected chi connectivity index (χ1v) is 3.52. The van der Waals surface area contributed by atoms with Crippen LogP contribution in [0.25, 0.3) is 0 Å². The zero-order chi connectivity index (χ0) is 8.55. The van der Waals surface area contributed by atoms with Gasteiger partial charge in [0, 0.05) is 0 Å². The highest BCUT2D eigenvalue weighted by Crippen LogP contribution is 2.12. The lowest BCUT2D eigenvalue weighted by molar-refractivity contribution is -0.129. The van der Waals surface area contributed by atoms with E-state index in [2.05, 4.69) is 9.98 Å². The number of hydrogen-bond acceptors (Lipinski definition) is 3. The number of carboxylic acids is 1. The molecule has 0 bridgehead atoms. The Morgan fingerprint density at radius 2 is 2.33 bits per heavy atom. The minimum atomic E-state index is -1.07. The van der Waals surface area contributed by atoms with Crippen LogP contribution in [-0.2, 0) is 4.79 Å². The predicted molar refractivity (Wildman–Crippen MR) is 44.6 cm³/mol. The highest BCUT2D eigenvalue weighted by Gasteiger charge is 2.23. The molecule has 60 valence electrons. The summed E-state index contributed by atoms with van der Waals surface area (Å²) < 4.78 is 0. The van der Waals surface area contributed by atoms with Gasteiger partial charge in [0.1, 0.15) is 6.04 Å². The molecule has 1 heterocycles. The maximum atomic E-state index is 10.5. The lowest BCUT2D eigenvalue weighted by atomic mass is 10.1. The van der Waals surface area contributed by atoms with Crippen LogP contribution in [0.2, 0.25) is 0 Å². The SMILES string of the molecule is O=C(O)C1=NC2C=CC=CC2=N1. The van der Waals surface area contributed by atoms with Crippen molar-refractivity contribution in [3.8, 4) is 0 Å². The van der Waals surface area contributed by atoms with Crippen LogP contribution in [-0.4, -0.2) is 28.7 Å². The monoisotopic (exact) mass is 162 g/mol. The third-order valence-corrected chi connectivity index (χ3v) is 1.66. The second kappa shape index (κ2) is 2.41. The number of rotatable bonds is 1. The van der Waals surface area contributed by atoms with Crippen molar-refractivity contribution in [3.63, 3.8) is 0 Å². The summed E-state index contributed by atoms with van der Waals surface area (Å²) in [5.74, 6) is -1.18. The van der Waals surface area contributed by atoms with Gasteiger partial charge in [0.25, 0.3) is 0 Å². The molecule has 0 fully saturated rings. The first-order valence-electron chi connectivity index (χ1n) is 3.52. The van der Waals surface area contributed by atoms with Crippen molar-refractivity contribution in [2.24, 2.45) is 9.98 Å². The quantitative estimate of drug-likeness (QED) is 0.607. The van der Waals surface area contributed by atoms with Crippen LogP contribution in [0, 0.1) is 0 Å². The van der Waals surface area contributed by atoms with Crippen LogP contribution in [0.5, 0.6) is 0 Å². The van der Waals surface area contributed by atoms with Crippen molar-refractivity contribution in [1.29, 1.82) is 0 Å². The molecule has 0 radical (unpaired) electrons. The predicted octanol–water partition coefficient (Wildman–Crippen LogP) is 0.419. The van der Waals surface area contributed by atoms with Crippen molar-refractivity contribution in [2.45, 2.75) is 6.04 Å². The van der Waals surface area contributed by atoms with Gasteiger partial charge in [0.05, 0.1) is 5.71 Å². The molecule has 0 amide bonds. The van der Waals surface area contributed by atoms with E-state index in [4.69, 9.17) is 5.11 Å². The second-order valence-corrected chi connectivity index (χ2v) is 2.48. The van der Waals surface area contributed by atoms with Crippen LogP contribution < -0.4 is 0 Å². The largest absolute Gasteiger partial charge is 0.475 e. The Bertz CT molecular complexity index is 350. The summed E-state index contributed by atoms with van der Waals surface area (Å²) in [4.78, 5) is 18.2. The van der Waals surface area contributed by atoms with Crippen molar-refractivity contribution >= 4 is 17.5 Å². The first-order chi connectivity index (χ1) is 5.77. The van der Waals surface area contributed by atoms with E-state index in [1.165, 1.54) is 0 Å². The van der Waals surface area contributed by atoms with Gasteiger partial charge in [-0.15, -0.1) is 0 Å². The Morgan fingerprint density at radius 3 is 3.00 bits per heavy atom. The molecule has 1 atom stereocenters. The molecule has 0 aromatic carbocycles. The fourth-order valence-electron chi connectivity index (χ4n) is 1.12. The van der Waals surface area contributed by atoms with Gasteiger partial charge < -0.3 is 5.11 Å². The highest BCUT2D eigenvalue weighted by atomic mass is 16.4. The zero-order valence-electron chi connectivity index (χ0n) is 6.14. The molecule has 0 spiro atoms. The van der Waals surface area contributed by atoms with Gasteiger partial charge in [0.2, 0.25) is 5.84 Å². The van der Waals surface area contributed by atoms with E-state index in [-0.39, 0.29) is 11.9 Å². The van der Waals surface area contributed by atoms with Gasteiger partial charge >= 0.3 is 5.97 Å². The molecule has 0 saturated heterocycles. The molecule has 0 saturated carbocycles. The molecule has 1 N–H and O–H groups in total. The van der Waals surface area contributed by atoms with Crippen molar-refractivity contribution < 1.29 is 9.90 Å². The molecule has 2 aliphatic rings. The van der Waals surface area contributed by atoms with E-state index in [0.717, 1.165) is 0 Å². The van der Waals surface area contributed by atoms with Crippen molar-refractivity contribution in [2.75, 3.05) is 0 Å². The van der Waals surface area contributed by atoms with Gasteiger partial charge in [-0.1, -0.05) is 18.2 Å². The van der Waals surface area contributed by atoms with E-state index in [9.17, 15) is 4.79 Å². The number of carboxylic acid groups (broad SMARTS) is 1. The molecule has 1 aliphatic carbocycles. The minimum absolute atomic E-state index is 0.105. The van der Waals surface area contributed by atoms with E-state index < -0.39 is 5.97 Å². The van der Waals surface area contributed by atoms with E-state index in [1.807, 2.05) is 18.2 Å². The van der Waals surface area contributed by atoms with Gasteiger partial charge in [0.15, 0.2) is 0 Å². The van der Waals surface area contributed by atoms with Crippen LogP contribution >= 0.6 is 0 Å². The van der Waals surface area contributed by atoms with Gasteiger partial charge in [-0.2, -0.15) is 0 Å². The first kappa shape index (κ1) is 6.97. The highest BCUT2D eigenvalue weighted by molar-refractivity contribution is 6.39. The normalized spacial score (nSPS) is 24.8. The lowest BCUT2D eigenvalue weighted by Gasteiger charge is -2.02. The number of amidine groups is 1. The molecule has 4 heteroatoms. The maximum absolute atomic E-state index is 10.5. The Labute approximate surface area is 68.6 Å². The molecule has 0 aromatic heterocycles. The molecule has 1 aliphatic heterocycles. The number of fused-ring (bicyclic) bond motifs is 1. The molecule has 2 rings (SSSR count). The smallest absolute Gasteiger partial charge is 0.373 e. The number of nitrogens with zero attached hydrogens (tertiary/aromatic N) is 2. The van der Waals surface area contributed by atoms with E-state index in [0.29, 0.717) is 5.71 Å². The van der Waals surface area contributed by atoms with Gasteiger partial charge in [-0.25, -0.2) is 14.8 Å². The lowest BCUT2D eigenvalue weighted by Crippen LogP contribution is -2.11. The summed E-state index contributed by atoms with van der Waals surface area (Å²) in [5.41, 5.74) is 0.704. The number of carbonyl (C=O) groups is 1.